The van der Waals surface area contributed by atoms with Gasteiger partial charge < -0.3 is 14.4 Å². The summed E-state index contributed by atoms with van der Waals surface area (Å²) >= 11 is 0. The first-order valence-electron chi connectivity index (χ1n) is 11.0. The van der Waals surface area contributed by atoms with Crippen molar-refractivity contribution in [2.45, 2.75) is 32.4 Å². The number of ether oxygens (including phenoxy) is 2. The number of rotatable bonds is 6. The van der Waals surface area contributed by atoms with Gasteiger partial charge in [-0.15, -0.1) is 5.10 Å². The summed E-state index contributed by atoms with van der Waals surface area (Å²) in [6.07, 6.45) is 0. The molecule has 1 aromatic heterocycles. The molecular weight excluding hydrogens is 404 g/mol. The zero-order chi connectivity index (χ0) is 22.7. The van der Waals surface area contributed by atoms with E-state index in [0.29, 0.717) is 11.5 Å². The third-order valence-corrected chi connectivity index (χ3v) is 5.90. The second-order valence-corrected chi connectivity index (χ2v) is 8.96. The van der Waals surface area contributed by atoms with Crippen molar-refractivity contribution < 1.29 is 9.47 Å². The summed E-state index contributed by atoms with van der Waals surface area (Å²) in [5.74, 6) is 2.22. The number of piperazine rings is 1. The molecule has 0 bridgehead atoms. The Labute approximate surface area is 189 Å². The minimum atomic E-state index is -0.255. The Kier molecular flexibility index (Phi) is 6.32. The Morgan fingerprint density at radius 2 is 1.59 bits per heavy atom. The second kappa shape index (κ2) is 9.16. The SMILES string of the molecule is COc1cccc([C@@H](c2nnnn2C(C)(C)C)N2CCN(c3ccccc3)CC2)c1OC. The molecule has 0 spiro atoms. The van der Waals surface area contributed by atoms with Crippen molar-refractivity contribution in [2.24, 2.45) is 0 Å². The summed E-state index contributed by atoms with van der Waals surface area (Å²) < 4.78 is 13.3. The molecule has 1 saturated heterocycles. The van der Waals surface area contributed by atoms with E-state index in [1.54, 1.807) is 14.2 Å². The van der Waals surface area contributed by atoms with Crippen molar-refractivity contribution in [3.8, 4) is 11.5 Å². The van der Waals surface area contributed by atoms with Crippen molar-refractivity contribution in [1.82, 2.24) is 25.1 Å². The first-order chi connectivity index (χ1) is 15.4. The van der Waals surface area contributed by atoms with Crippen molar-refractivity contribution in [3.05, 3.63) is 59.9 Å². The molecule has 8 nitrogen and oxygen atoms in total. The minimum Gasteiger partial charge on any atom is -0.493 e. The maximum Gasteiger partial charge on any atom is 0.173 e. The quantitative estimate of drug-likeness (QED) is 0.587. The molecule has 1 aliphatic rings. The molecule has 2 heterocycles. The second-order valence-electron chi connectivity index (χ2n) is 8.96. The molecule has 1 fully saturated rings. The lowest BCUT2D eigenvalue weighted by Crippen LogP contribution is -2.48. The number of tetrazole rings is 1. The van der Waals surface area contributed by atoms with Crippen molar-refractivity contribution in [1.29, 1.82) is 0 Å². The number of para-hydroxylation sites is 2. The lowest BCUT2D eigenvalue weighted by molar-refractivity contribution is 0.188. The zero-order valence-corrected chi connectivity index (χ0v) is 19.5. The van der Waals surface area contributed by atoms with Crippen molar-refractivity contribution in [3.63, 3.8) is 0 Å². The third kappa shape index (κ3) is 4.27. The molecule has 2 aromatic carbocycles. The van der Waals surface area contributed by atoms with Gasteiger partial charge in [0.05, 0.1) is 19.8 Å². The first kappa shape index (κ1) is 22.1. The number of hydrogen-bond donors (Lipinski definition) is 0. The van der Waals surface area contributed by atoms with Gasteiger partial charge in [-0.3, -0.25) is 4.90 Å². The predicted molar refractivity (Wildman–Crippen MR) is 124 cm³/mol. The van der Waals surface area contributed by atoms with Crippen LogP contribution in [0.5, 0.6) is 11.5 Å². The molecule has 0 saturated carbocycles. The van der Waals surface area contributed by atoms with Gasteiger partial charge in [-0.25, -0.2) is 4.68 Å². The average molecular weight is 437 g/mol. The highest BCUT2D eigenvalue weighted by molar-refractivity contribution is 5.50. The van der Waals surface area contributed by atoms with Gasteiger partial charge in [0.2, 0.25) is 0 Å². The summed E-state index contributed by atoms with van der Waals surface area (Å²) in [5.41, 5.74) is 2.00. The lowest BCUT2D eigenvalue weighted by Gasteiger charge is -2.40. The molecule has 0 N–H and O–H groups in total. The third-order valence-electron chi connectivity index (χ3n) is 5.90. The average Bonchev–Trinajstić information content (AvgIpc) is 3.30. The molecular formula is C24H32N6O2. The summed E-state index contributed by atoms with van der Waals surface area (Å²) in [4.78, 5) is 4.85. The number of anilines is 1. The van der Waals surface area contributed by atoms with Gasteiger partial charge in [-0.2, -0.15) is 0 Å². The van der Waals surface area contributed by atoms with Crippen LogP contribution in [0.2, 0.25) is 0 Å². The van der Waals surface area contributed by atoms with Crippen molar-refractivity contribution >= 4 is 5.69 Å². The molecule has 4 rings (SSSR count). The van der Waals surface area contributed by atoms with E-state index in [4.69, 9.17) is 9.47 Å². The fourth-order valence-corrected chi connectivity index (χ4v) is 4.35. The smallest absolute Gasteiger partial charge is 0.173 e. The Balaban J connectivity index is 1.73. The van der Waals surface area contributed by atoms with Crippen LogP contribution in [-0.2, 0) is 5.54 Å². The van der Waals surface area contributed by atoms with E-state index in [1.807, 2.05) is 16.8 Å². The van der Waals surface area contributed by atoms with E-state index in [2.05, 4.69) is 82.5 Å². The highest BCUT2D eigenvalue weighted by Crippen LogP contribution is 2.40. The Morgan fingerprint density at radius 3 is 2.22 bits per heavy atom. The van der Waals surface area contributed by atoms with E-state index < -0.39 is 0 Å². The fourth-order valence-electron chi connectivity index (χ4n) is 4.35. The topological polar surface area (TPSA) is 68.5 Å². The van der Waals surface area contributed by atoms with Crippen molar-refractivity contribution in [2.75, 3.05) is 45.3 Å². The number of methoxy groups -OCH3 is 2. The van der Waals surface area contributed by atoms with Gasteiger partial charge >= 0.3 is 0 Å². The van der Waals surface area contributed by atoms with E-state index >= 15 is 0 Å². The van der Waals surface area contributed by atoms with Gasteiger partial charge in [0, 0.05) is 37.4 Å². The summed E-state index contributed by atoms with van der Waals surface area (Å²) in [7, 11) is 3.34. The van der Waals surface area contributed by atoms with Crippen LogP contribution in [0.4, 0.5) is 5.69 Å². The Hall–Kier alpha value is -3.13. The molecule has 8 heteroatoms. The Bertz CT molecular complexity index is 1020. The summed E-state index contributed by atoms with van der Waals surface area (Å²) in [6, 6.07) is 16.4. The van der Waals surface area contributed by atoms with Crippen LogP contribution in [0, 0.1) is 0 Å². The monoisotopic (exact) mass is 436 g/mol. The standard InChI is InChI=1S/C24H32N6O2/c1-24(2,3)30-23(25-26-27-30)21(19-12-9-13-20(31-4)22(19)32-5)29-16-14-28(15-17-29)18-10-7-6-8-11-18/h6-13,21H,14-17H2,1-5H3/t21-/m0/s1. The van der Waals surface area contributed by atoms with Gasteiger partial charge in [-0.05, 0) is 49.4 Å². The van der Waals surface area contributed by atoms with Crippen LogP contribution in [0.1, 0.15) is 38.2 Å². The molecule has 3 aromatic rings. The molecule has 0 amide bonds. The number of aromatic nitrogens is 4. The van der Waals surface area contributed by atoms with E-state index in [0.717, 1.165) is 37.6 Å². The van der Waals surface area contributed by atoms with E-state index in [9.17, 15) is 0 Å². The van der Waals surface area contributed by atoms with Crippen LogP contribution in [-0.4, -0.2) is 65.5 Å². The lowest BCUT2D eigenvalue weighted by atomic mass is 10.00. The maximum absolute atomic E-state index is 5.81. The molecule has 1 atom stereocenters. The molecule has 1 aliphatic heterocycles. The number of hydrogen-bond acceptors (Lipinski definition) is 7. The molecule has 0 unspecified atom stereocenters. The van der Waals surface area contributed by atoms with Gasteiger partial charge in [0.15, 0.2) is 17.3 Å². The van der Waals surface area contributed by atoms with Crippen LogP contribution in [0.25, 0.3) is 0 Å². The molecule has 0 aliphatic carbocycles. The predicted octanol–water partition coefficient (Wildman–Crippen LogP) is 3.36. The normalized spacial score (nSPS) is 16.1. The molecule has 0 radical (unpaired) electrons. The molecule has 170 valence electrons. The number of benzene rings is 2. The minimum absolute atomic E-state index is 0.160. The van der Waals surface area contributed by atoms with E-state index in [-0.39, 0.29) is 11.6 Å². The summed E-state index contributed by atoms with van der Waals surface area (Å²) in [5, 5.41) is 12.9. The molecule has 32 heavy (non-hydrogen) atoms. The van der Waals surface area contributed by atoms with Crippen LogP contribution in [0.3, 0.4) is 0 Å². The highest BCUT2D eigenvalue weighted by Gasteiger charge is 2.35. The maximum atomic E-state index is 5.81. The van der Waals surface area contributed by atoms with Gasteiger partial charge in [0.1, 0.15) is 6.04 Å². The summed E-state index contributed by atoms with van der Waals surface area (Å²) in [6.45, 7) is 9.92. The first-order valence-corrected chi connectivity index (χ1v) is 11.0. The van der Waals surface area contributed by atoms with Crippen LogP contribution in [0.15, 0.2) is 48.5 Å². The Morgan fingerprint density at radius 1 is 0.875 bits per heavy atom. The highest BCUT2D eigenvalue weighted by atomic mass is 16.5. The largest absolute Gasteiger partial charge is 0.493 e. The van der Waals surface area contributed by atoms with Gasteiger partial charge in [0.25, 0.3) is 0 Å². The zero-order valence-electron chi connectivity index (χ0n) is 19.5. The fraction of sp³-hybridized carbons (Fsp3) is 0.458. The number of nitrogens with zero attached hydrogens (tertiary/aromatic N) is 6. The van der Waals surface area contributed by atoms with Crippen LogP contribution >= 0.6 is 0 Å². The van der Waals surface area contributed by atoms with E-state index in [1.165, 1.54) is 5.69 Å². The van der Waals surface area contributed by atoms with Gasteiger partial charge in [-0.1, -0.05) is 30.3 Å². The van der Waals surface area contributed by atoms with Crippen LogP contribution < -0.4 is 14.4 Å².